The molecule has 0 radical (unpaired) electrons. The van der Waals surface area contributed by atoms with E-state index in [1.165, 1.54) is 4.68 Å². The van der Waals surface area contributed by atoms with Crippen molar-refractivity contribution in [3.8, 4) is 5.69 Å². The highest BCUT2D eigenvalue weighted by atomic mass is 79.9. The molecule has 25 heavy (non-hydrogen) atoms. The number of para-hydroxylation sites is 1. The Balaban J connectivity index is 2.02. The largest absolute Gasteiger partial charge is 0.316 e. The Morgan fingerprint density at radius 3 is 2.40 bits per heavy atom. The predicted octanol–water partition coefficient (Wildman–Crippen LogP) is 4.26. The summed E-state index contributed by atoms with van der Waals surface area (Å²) in [6, 6.07) is 14.6. The van der Waals surface area contributed by atoms with Gasteiger partial charge in [0.25, 0.3) is 11.5 Å². The van der Waals surface area contributed by atoms with Crippen LogP contribution in [-0.2, 0) is 7.05 Å². The fourth-order valence-corrected chi connectivity index (χ4v) is 3.79. The first-order valence-electron chi connectivity index (χ1n) is 7.50. The molecular formula is C18H15Br2N3O2. The summed E-state index contributed by atoms with van der Waals surface area (Å²) in [6.07, 6.45) is 0. The average Bonchev–Trinajstić information content (AvgIpc) is 2.79. The van der Waals surface area contributed by atoms with Gasteiger partial charge in [0.2, 0.25) is 0 Å². The number of halogens is 2. The van der Waals surface area contributed by atoms with E-state index in [1.54, 1.807) is 36.9 Å². The number of carbonyl (C=O) groups is 1. The van der Waals surface area contributed by atoms with Gasteiger partial charge in [-0.3, -0.25) is 14.3 Å². The van der Waals surface area contributed by atoms with Crippen molar-refractivity contribution in [1.82, 2.24) is 9.36 Å². The number of carbonyl (C=O) groups excluding carboxylic acids is 1. The van der Waals surface area contributed by atoms with Crippen molar-refractivity contribution in [2.45, 2.75) is 6.92 Å². The van der Waals surface area contributed by atoms with Gasteiger partial charge >= 0.3 is 0 Å². The zero-order chi connectivity index (χ0) is 18.1. The van der Waals surface area contributed by atoms with Gasteiger partial charge < -0.3 is 5.32 Å². The summed E-state index contributed by atoms with van der Waals surface area (Å²) in [5, 5.41) is 2.75. The molecular weight excluding hydrogens is 450 g/mol. The van der Waals surface area contributed by atoms with Gasteiger partial charge in [-0.05, 0) is 53.2 Å². The topological polar surface area (TPSA) is 56.0 Å². The standard InChI is InChI=1S/C18H15Br2N3O2/c1-11-16(21-17(24)14-9-8-12(19)10-15(14)20)18(25)23(22(11)2)13-6-4-3-5-7-13/h3-10H,1-2H3,(H,21,24). The highest BCUT2D eigenvalue weighted by Crippen LogP contribution is 2.23. The monoisotopic (exact) mass is 463 g/mol. The lowest BCUT2D eigenvalue weighted by molar-refractivity contribution is 0.102. The Morgan fingerprint density at radius 2 is 1.76 bits per heavy atom. The fraction of sp³-hybridized carbons (Fsp3) is 0.111. The zero-order valence-corrected chi connectivity index (χ0v) is 16.8. The van der Waals surface area contributed by atoms with Crippen LogP contribution in [0.15, 0.2) is 62.3 Å². The van der Waals surface area contributed by atoms with Crippen LogP contribution in [0.5, 0.6) is 0 Å². The van der Waals surface area contributed by atoms with E-state index in [-0.39, 0.29) is 17.2 Å². The molecule has 7 heteroatoms. The summed E-state index contributed by atoms with van der Waals surface area (Å²) in [5.74, 6) is -0.342. The lowest BCUT2D eigenvalue weighted by atomic mass is 10.2. The van der Waals surface area contributed by atoms with E-state index in [0.29, 0.717) is 15.7 Å². The van der Waals surface area contributed by atoms with Gasteiger partial charge in [0.15, 0.2) is 0 Å². The minimum absolute atomic E-state index is 0.270. The maximum Gasteiger partial charge on any atom is 0.295 e. The number of hydrogen-bond acceptors (Lipinski definition) is 2. The number of rotatable bonds is 3. The smallest absolute Gasteiger partial charge is 0.295 e. The minimum atomic E-state index is -0.342. The molecule has 1 amide bonds. The Bertz CT molecular complexity index is 1010. The van der Waals surface area contributed by atoms with Gasteiger partial charge in [-0.25, -0.2) is 4.68 Å². The number of benzene rings is 2. The summed E-state index contributed by atoms with van der Waals surface area (Å²) in [5.41, 5.74) is 1.87. The van der Waals surface area contributed by atoms with Gasteiger partial charge in [-0.2, -0.15) is 0 Å². The highest BCUT2D eigenvalue weighted by Gasteiger charge is 2.19. The quantitative estimate of drug-likeness (QED) is 0.629. The average molecular weight is 465 g/mol. The Morgan fingerprint density at radius 1 is 1.08 bits per heavy atom. The number of aromatic nitrogens is 2. The van der Waals surface area contributed by atoms with Gasteiger partial charge in [-0.1, -0.05) is 34.1 Å². The summed E-state index contributed by atoms with van der Waals surface area (Å²) < 4.78 is 4.76. The third-order valence-electron chi connectivity index (χ3n) is 3.97. The van der Waals surface area contributed by atoms with E-state index in [2.05, 4.69) is 37.2 Å². The van der Waals surface area contributed by atoms with Crippen molar-refractivity contribution in [2.24, 2.45) is 7.05 Å². The van der Waals surface area contributed by atoms with Crippen LogP contribution in [0.1, 0.15) is 16.1 Å². The molecule has 0 saturated heterocycles. The molecule has 0 aliphatic heterocycles. The minimum Gasteiger partial charge on any atom is -0.316 e. The SMILES string of the molecule is Cc1c(NC(=O)c2ccc(Br)cc2Br)c(=O)n(-c2ccccc2)n1C. The van der Waals surface area contributed by atoms with Crippen LogP contribution in [0, 0.1) is 6.92 Å². The van der Waals surface area contributed by atoms with Crippen molar-refractivity contribution in [3.63, 3.8) is 0 Å². The van der Waals surface area contributed by atoms with Crippen molar-refractivity contribution in [3.05, 3.63) is 79.1 Å². The summed E-state index contributed by atoms with van der Waals surface area (Å²) in [4.78, 5) is 25.4. The lowest BCUT2D eigenvalue weighted by Crippen LogP contribution is -2.23. The molecule has 3 rings (SSSR count). The Labute approximate surface area is 161 Å². The van der Waals surface area contributed by atoms with E-state index < -0.39 is 0 Å². The molecule has 0 atom stereocenters. The fourth-order valence-electron chi connectivity index (χ4n) is 2.57. The van der Waals surface area contributed by atoms with Crippen LogP contribution < -0.4 is 10.9 Å². The molecule has 128 valence electrons. The number of amides is 1. The molecule has 0 saturated carbocycles. The Kier molecular flexibility index (Phi) is 4.96. The van der Waals surface area contributed by atoms with Crippen molar-refractivity contribution < 1.29 is 4.79 Å². The molecule has 5 nitrogen and oxygen atoms in total. The lowest BCUT2D eigenvalue weighted by Gasteiger charge is -2.07. The van der Waals surface area contributed by atoms with Crippen LogP contribution in [0.25, 0.3) is 5.69 Å². The van der Waals surface area contributed by atoms with Gasteiger partial charge in [0.1, 0.15) is 5.69 Å². The maximum absolute atomic E-state index is 12.8. The van der Waals surface area contributed by atoms with Crippen LogP contribution in [0.3, 0.4) is 0 Å². The first kappa shape index (κ1) is 17.7. The van der Waals surface area contributed by atoms with Crippen LogP contribution >= 0.6 is 31.9 Å². The molecule has 3 aromatic rings. The summed E-state index contributed by atoms with van der Waals surface area (Å²) >= 11 is 6.73. The van der Waals surface area contributed by atoms with E-state index >= 15 is 0 Å². The summed E-state index contributed by atoms with van der Waals surface area (Å²) in [7, 11) is 1.79. The first-order valence-corrected chi connectivity index (χ1v) is 9.09. The van der Waals surface area contributed by atoms with Crippen LogP contribution in [0.2, 0.25) is 0 Å². The van der Waals surface area contributed by atoms with Gasteiger partial charge in [-0.15, -0.1) is 0 Å². The molecule has 0 unspecified atom stereocenters. The van der Waals surface area contributed by atoms with Gasteiger partial charge in [0, 0.05) is 16.0 Å². The summed E-state index contributed by atoms with van der Waals surface area (Å²) in [6.45, 7) is 1.80. The molecule has 2 aromatic carbocycles. The second-order valence-corrected chi connectivity index (χ2v) is 7.28. The third-order valence-corrected chi connectivity index (χ3v) is 5.12. The molecule has 0 spiro atoms. The highest BCUT2D eigenvalue weighted by molar-refractivity contribution is 9.11. The molecule has 1 aromatic heterocycles. The molecule has 0 aliphatic carbocycles. The zero-order valence-electron chi connectivity index (χ0n) is 13.6. The number of anilines is 1. The Hall–Kier alpha value is -2.12. The second kappa shape index (κ2) is 7.01. The molecule has 1 heterocycles. The van der Waals surface area contributed by atoms with Crippen molar-refractivity contribution in [1.29, 1.82) is 0 Å². The van der Waals surface area contributed by atoms with Crippen LogP contribution in [-0.4, -0.2) is 15.3 Å². The van der Waals surface area contributed by atoms with Crippen molar-refractivity contribution in [2.75, 3.05) is 5.32 Å². The van der Waals surface area contributed by atoms with Gasteiger partial charge in [0.05, 0.1) is 16.9 Å². The maximum atomic E-state index is 12.8. The molecule has 0 aliphatic rings. The molecule has 0 bridgehead atoms. The van der Waals surface area contributed by atoms with E-state index in [4.69, 9.17) is 0 Å². The normalized spacial score (nSPS) is 10.7. The van der Waals surface area contributed by atoms with Crippen molar-refractivity contribution >= 4 is 43.5 Å². The van der Waals surface area contributed by atoms with E-state index in [1.807, 2.05) is 30.3 Å². The van der Waals surface area contributed by atoms with Crippen LogP contribution in [0.4, 0.5) is 5.69 Å². The van der Waals surface area contributed by atoms with E-state index in [0.717, 1.165) is 10.2 Å². The second-order valence-electron chi connectivity index (χ2n) is 5.51. The first-order chi connectivity index (χ1) is 11.9. The predicted molar refractivity (Wildman–Crippen MR) is 106 cm³/mol. The number of hydrogen-bond donors (Lipinski definition) is 1. The number of nitrogens with zero attached hydrogens (tertiary/aromatic N) is 2. The number of nitrogens with one attached hydrogen (secondary N) is 1. The molecule has 0 fully saturated rings. The van der Waals surface area contributed by atoms with E-state index in [9.17, 15) is 9.59 Å². The molecule has 1 N–H and O–H groups in total. The third kappa shape index (κ3) is 3.34.